The highest BCUT2D eigenvalue weighted by atomic mass is 19.4. The first-order valence-electron chi connectivity index (χ1n) is 6.92. The molecule has 2 aromatic rings. The van der Waals surface area contributed by atoms with Gasteiger partial charge in [-0.2, -0.15) is 13.2 Å². The van der Waals surface area contributed by atoms with Crippen molar-refractivity contribution in [3.8, 4) is 0 Å². The van der Waals surface area contributed by atoms with Crippen molar-refractivity contribution < 1.29 is 13.2 Å². The van der Waals surface area contributed by atoms with E-state index < -0.39 is 11.7 Å². The molecule has 0 heterocycles. The van der Waals surface area contributed by atoms with Gasteiger partial charge in [-0.1, -0.05) is 42.5 Å². The number of alkyl halides is 3. The molecule has 2 aromatic carbocycles. The zero-order chi connectivity index (χ0) is 15.3. The van der Waals surface area contributed by atoms with Crippen molar-refractivity contribution in [3.05, 3.63) is 71.3 Å². The van der Waals surface area contributed by atoms with E-state index in [1.807, 2.05) is 30.3 Å². The van der Waals surface area contributed by atoms with Crippen molar-refractivity contribution in [2.24, 2.45) is 5.73 Å². The third-order valence-corrected chi connectivity index (χ3v) is 3.55. The van der Waals surface area contributed by atoms with Crippen LogP contribution in [0.4, 0.5) is 13.2 Å². The van der Waals surface area contributed by atoms with E-state index >= 15 is 0 Å². The van der Waals surface area contributed by atoms with Crippen molar-refractivity contribution in [3.63, 3.8) is 0 Å². The fourth-order valence-corrected chi connectivity index (χ4v) is 2.43. The molecule has 1 unspecified atom stereocenters. The second kappa shape index (κ2) is 6.76. The molecule has 2 N–H and O–H groups in total. The largest absolute Gasteiger partial charge is 0.416 e. The quantitative estimate of drug-likeness (QED) is 0.869. The van der Waals surface area contributed by atoms with E-state index in [9.17, 15) is 13.2 Å². The number of rotatable bonds is 5. The predicted octanol–water partition coefficient (Wildman–Crippen LogP) is 4.38. The first-order chi connectivity index (χ1) is 10.0. The Labute approximate surface area is 122 Å². The van der Waals surface area contributed by atoms with Crippen molar-refractivity contribution in [2.75, 3.05) is 6.54 Å². The van der Waals surface area contributed by atoms with Crippen LogP contribution in [0.1, 0.15) is 29.0 Å². The van der Waals surface area contributed by atoms with Crippen molar-refractivity contribution in [1.82, 2.24) is 0 Å². The zero-order valence-corrected chi connectivity index (χ0v) is 11.6. The minimum Gasteiger partial charge on any atom is -0.330 e. The second-order valence-corrected chi connectivity index (χ2v) is 5.08. The van der Waals surface area contributed by atoms with E-state index in [2.05, 4.69) is 0 Å². The maximum Gasteiger partial charge on any atom is 0.416 e. The zero-order valence-electron chi connectivity index (χ0n) is 11.6. The summed E-state index contributed by atoms with van der Waals surface area (Å²) >= 11 is 0. The lowest BCUT2D eigenvalue weighted by Gasteiger charge is -2.17. The lowest BCUT2D eigenvalue weighted by Crippen LogP contribution is -2.10. The maximum atomic E-state index is 12.6. The summed E-state index contributed by atoms with van der Waals surface area (Å²) < 4.78 is 37.7. The molecule has 1 atom stereocenters. The molecule has 0 saturated carbocycles. The number of nitrogens with two attached hydrogens (primary N) is 1. The van der Waals surface area contributed by atoms with Gasteiger partial charge in [-0.15, -0.1) is 0 Å². The summed E-state index contributed by atoms with van der Waals surface area (Å²) in [5.74, 6) is 0.230. The Morgan fingerprint density at radius 1 is 0.905 bits per heavy atom. The van der Waals surface area contributed by atoms with Gasteiger partial charge in [0, 0.05) is 0 Å². The monoisotopic (exact) mass is 293 g/mol. The Morgan fingerprint density at radius 3 is 2.05 bits per heavy atom. The molecule has 112 valence electrons. The van der Waals surface area contributed by atoms with Crippen LogP contribution in [-0.2, 0) is 12.6 Å². The molecule has 2 rings (SSSR count). The van der Waals surface area contributed by atoms with Crippen molar-refractivity contribution >= 4 is 0 Å². The third kappa shape index (κ3) is 4.33. The molecule has 0 saturated heterocycles. The summed E-state index contributed by atoms with van der Waals surface area (Å²) in [6, 6.07) is 15.3. The summed E-state index contributed by atoms with van der Waals surface area (Å²) in [5.41, 5.74) is 7.11. The van der Waals surface area contributed by atoms with E-state index in [1.165, 1.54) is 5.56 Å². The van der Waals surface area contributed by atoms with Crippen LogP contribution >= 0.6 is 0 Å². The minimum atomic E-state index is -4.28. The molecule has 21 heavy (non-hydrogen) atoms. The summed E-state index contributed by atoms with van der Waals surface area (Å²) in [7, 11) is 0. The highest BCUT2D eigenvalue weighted by molar-refractivity contribution is 5.28. The Kier molecular flexibility index (Phi) is 5.02. The number of halogens is 3. The normalized spacial score (nSPS) is 13.1. The Hall–Kier alpha value is -1.81. The first-order valence-corrected chi connectivity index (χ1v) is 6.92. The molecule has 0 radical (unpaired) electrons. The summed E-state index contributed by atoms with van der Waals surface area (Å²) in [5, 5.41) is 0. The smallest absolute Gasteiger partial charge is 0.330 e. The van der Waals surface area contributed by atoms with Gasteiger partial charge in [0.2, 0.25) is 0 Å². The standard InChI is InChI=1S/C17H18F3N/c18-17(19,20)16-8-6-13(7-9-16)12-15(10-11-21)14-4-2-1-3-5-14/h1-9,15H,10-12,21H2. The van der Waals surface area contributed by atoms with E-state index in [0.29, 0.717) is 13.0 Å². The molecule has 0 aliphatic heterocycles. The summed E-state index contributed by atoms with van der Waals surface area (Å²) in [4.78, 5) is 0. The van der Waals surface area contributed by atoms with Crippen LogP contribution in [0.2, 0.25) is 0 Å². The molecule has 0 amide bonds. The van der Waals surface area contributed by atoms with E-state index in [1.54, 1.807) is 12.1 Å². The Morgan fingerprint density at radius 2 is 1.52 bits per heavy atom. The molecule has 0 aromatic heterocycles. The molecule has 0 bridgehead atoms. The summed E-state index contributed by atoms with van der Waals surface area (Å²) in [6.45, 7) is 0.556. The third-order valence-electron chi connectivity index (χ3n) is 3.55. The fourth-order valence-electron chi connectivity index (χ4n) is 2.43. The van der Waals surface area contributed by atoms with E-state index in [0.717, 1.165) is 24.1 Å². The lowest BCUT2D eigenvalue weighted by atomic mass is 9.89. The Bertz CT molecular complexity index is 546. The molecule has 4 heteroatoms. The van der Waals surface area contributed by atoms with Gasteiger partial charge >= 0.3 is 6.18 Å². The van der Waals surface area contributed by atoms with Crippen molar-refractivity contribution in [1.29, 1.82) is 0 Å². The van der Waals surface area contributed by atoms with Crippen LogP contribution in [0.25, 0.3) is 0 Å². The van der Waals surface area contributed by atoms with Gasteiger partial charge < -0.3 is 5.73 Å². The molecule has 0 aliphatic carbocycles. The highest BCUT2D eigenvalue weighted by Crippen LogP contribution is 2.30. The van der Waals surface area contributed by atoms with Crippen LogP contribution < -0.4 is 5.73 Å². The van der Waals surface area contributed by atoms with Gasteiger partial charge in [0.15, 0.2) is 0 Å². The highest BCUT2D eigenvalue weighted by Gasteiger charge is 2.30. The topological polar surface area (TPSA) is 26.0 Å². The van der Waals surface area contributed by atoms with E-state index in [4.69, 9.17) is 5.73 Å². The van der Waals surface area contributed by atoms with Crippen LogP contribution in [0.3, 0.4) is 0 Å². The fraction of sp³-hybridized carbons (Fsp3) is 0.294. The summed E-state index contributed by atoms with van der Waals surface area (Å²) in [6.07, 6.45) is -2.78. The molecule has 1 nitrogen and oxygen atoms in total. The predicted molar refractivity (Wildman–Crippen MR) is 78.0 cm³/mol. The molecule has 0 aliphatic rings. The first kappa shape index (κ1) is 15.6. The van der Waals surface area contributed by atoms with Gasteiger partial charge in [0.05, 0.1) is 5.56 Å². The molecule has 0 fully saturated rings. The average molecular weight is 293 g/mol. The second-order valence-electron chi connectivity index (χ2n) is 5.08. The van der Waals surface area contributed by atoms with Gasteiger partial charge in [-0.05, 0) is 48.6 Å². The van der Waals surface area contributed by atoms with Gasteiger partial charge in [-0.25, -0.2) is 0 Å². The molecular weight excluding hydrogens is 275 g/mol. The Balaban J connectivity index is 2.14. The average Bonchev–Trinajstić information content (AvgIpc) is 2.47. The maximum absolute atomic E-state index is 12.6. The number of hydrogen-bond donors (Lipinski definition) is 1. The van der Waals surface area contributed by atoms with Crippen LogP contribution in [0, 0.1) is 0 Å². The van der Waals surface area contributed by atoms with Gasteiger partial charge in [0.1, 0.15) is 0 Å². The van der Waals surface area contributed by atoms with Gasteiger partial charge in [-0.3, -0.25) is 0 Å². The minimum absolute atomic E-state index is 0.230. The molecular formula is C17H18F3N. The van der Waals surface area contributed by atoms with Gasteiger partial charge in [0.25, 0.3) is 0 Å². The molecule has 0 spiro atoms. The number of benzene rings is 2. The van der Waals surface area contributed by atoms with Crippen molar-refractivity contribution in [2.45, 2.75) is 24.9 Å². The van der Waals surface area contributed by atoms with Crippen LogP contribution in [0.15, 0.2) is 54.6 Å². The lowest BCUT2D eigenvalue weighted by molar-refractivity contribution is -0.137. The number of hydrogen-bond acceptors (Lipinski definition) is 1. The SMILES string of the molecule is NCCC(Cc1ccc(C(F)(F)F)cc1)c1ccccc1. The van der Waals surface area contributed by atoms with Crippen LogP contribution in [0.5, 0.6) is 0 Å². The van der Waals surface area contributed by atoms with Crippen LogP contribution in [-0.4, -0.2) is 6.54 Å². The van der Waals surface area contributed by atoms with E-state index in [-0.39, 0.29) is 5.92 Å².